The SMILES string of the molecule is O=C(CNc1ccnc(Cl)n1)NC1CC1. The Kier molecular flexibility index (Phi) is 3.01. The molecule has 0 saturated heterocycles. The Morgan fingerprint density at radius 1 is 1.60 bits per heavy atom. The van der Waals surface area contributed by atoms with Gasteiger partial charge in [0.05, 0.1) is 6.54 Å². The van der Waals surface area contributed by atoms with Gasteiger partial charge in [-0.25, -0.2) is 9.97 Å². The van der Waals surface area contributed by atoms with E-state index in [1.54, 1.807) is 6.07 Å². The van der Waals surface area contributed by atoms with Crippen molar-refractivity contribution in [1.29, 1.82) is 0 Å². The molecule has 0 aromatic carbocycles. The molecule has 80 valence electrons. The van der Waals surface area contributed by atoms with E-state index >= 15 is 0 Å². The lowest BCUT2D eigenvalue weighted by Gasteiger charge is -2.05. The van der Waals surface area contributed by atoms with Crippen LogP contribution >= 0.6 is 11.6 Å². The van der Waals surface area contributed by atoms with Gasteiger partial charge in [0.25, 0.3) is 0 Å². The summed E-state index contributed by atoms with van der Waals surface area (Å²) < 4.78 is 0. The molecule has 15 heavy (non-hydrogen) atoms. The summed E-state index contributed by atoms with van der Waals surface area (Å²) in [5.41, 5.74) is 0. The Bertz CT molecular complexity index is 367. The second-order valence-corrected chi connectivity index (χ2v) is 3.74. The maximum atomic E-state index is 11.3. The number of aromatic nitrogens is 2. The Labute approximate surface area is 92.3 Å². The monoisotopic (exact) mass is 226 g/mol. The summed E-state index contributed by atoms with van der Waals surface area (Å²) in [5.74, 6) is 0.535. The Hall–Kier alpha value is -1.36. The van der Waals surface area contributed by atoms with Crippen molar-refractivity contribution in [2.45, 2.75) is 18.9 Å². The number of rotatable bonds is 4. The molecule has 0 atom stereocenters. The molecule has 1 amide bonds. The minimum Gasteiger partial charge on any atom is -0.361 e. The fourth-order valence-corrected chi connectivity index (χ4v) is 1.26. The molecule has 2 rings (SSSR count). The maximum Gasteiger partial charge on any atom is 0.239 e. The van der Waals surface area contributed by atoms with Gasteiger partial charge in [-0.2, -0.15) is 0 Å². The molecule has 0 spiro atoms. The molecule has 0 aliphatic heterocycles. The number of carbonyl (C=O) groups is 1. The van der Waals surface area contributed by atoms with Gasteiger partial charge in [-0.1, -0.05) is 0 Å². The molecule has 0 bridgehead atoms. The molecule has 1 aromatic heterocycles. The van der Waals surface area contributed by atoms with E-state index in [9.17, 15) is 4.79 Å². The molecular weight excluding hydrogens is 216 g/mol. The number of halogens is 1. The zero-order valence-electron chi connectivity index (χ0n) is 8.03. The van der Waals surface area contributed by atoms with Crippen LogP contribution < -0.4 is 10.6 Å². The zero-order valence-corrected chi connectivity index (χ0v) is 8.79. The van der Waals surface area contributed by atoms with E-state index < -0.39 is 0 Å². The summed E-state index contributed by atoms with van der Waals surface area (Å²) >= 11 is 5.59. The summed E-state index contributed by atoms with van der Waals surface area (Å²) in [6.45, 7) is 0.212. The van der Waals surface area contributed by atoms with Crippen LogP contribution in [0.2, 0.25) is 5.28 Å². The van der Waals surface area contributed by atoms with Gasteiger partial charge in [0.15, 0.2) is 0 Å². The van der Waals surface area contributed by atoms with Crippen LogP contribution in [0, 0.1) is 0 Å². The van der Waals surface area contributed by atoms with Gasteiger partial charge < -0.3 is 10.6 Å². The molecule has 2 N–H and O–H groups in total. The van der Waals surface area contributed by atoms with Crippen LogP contribution in [-0.2, 0) is 4.79 Å². The number of hydrogen-bond acceptors (Lipinski definition) is 4. The minimum absolute atomic E-state index is 0.0211. The third kappa shape index (κ3) is 3.36. The van der Waals surface area contributed by atoms with E-state index in [0.29, 0.717) is 11.9 Å². The summed E-state index contributed by atoms with van der Waals surface area (Å²) in [6, 6.07) is 2.05. The maximum absolute atomic E-state index is 11.3. The standard InChI is InChI=1S/C9H11ClN4O/c10-9-11-4-3-7(14-9)12-5-8(15)13-6-1-2-6/h3-4,6H,1-2,5H2,(H,13,15)(H,11,12,14). The highest BCUT2D eigenvalue weighted by Crippen LogP contribution is 2.18. The highest BCUT2D eigenvalue weighted by Gasteiger charge is 2.22. The van der Waals surface area contributed by atoms with Crippen LogP contribution in [0.3, 0.4) is 0 Å². The third-order valence-electron chi connectivity index (χ3n) is 2.00. The average Bonchev–Trinajstić information content (AvgIpc) is 2.99. The Morgan fingerprint density at radius 2 is 2.40 bits per heavy atom. The predicted molar refractivity (Wildman–Crippen MR) is 56.7 cm³/mol. The van der Waals surface area contributed by atoms with Gasteiger partial charge in [-0.3, -0.25) is 4.79 Å². The first-order valence-electron chi connectivity index (χ1n) is 4.76. The van der Waals surface area contributed by atoms with Gasteiger partial charge in [-0.05, 0) is 30.5 Å². The van der Waals surface area contributed by atoms with E-state index in [1.165, 1.54) is 6.20 Å². The minimum atomic E-state index is -0.0211. The number of anilines is 1. The van der Waals surface area contributed by atoms with Crippen molar-refractivity contribution in [2.75, 3.05) is 11.9 Å². The smallest absolute Gasteiger partial charge is 0.239 e. The molecule has 0 radical (unpaired) electrons. The summed E-state index contributed by atoms with van der Waals surface area (Å²) in [7, 11) is 0. The first-order valence-corrected chi connectivity index (χ1v) is 5.13. The molecule has 0 unspecified atom stereocenters. The van der Waals surface area contributed by atoms with Crippen molar-refractivity contribution in [3.8, 4) is 0 Å². The first-order chi connectivity index (χ1) is 7.24. The largest absolute Gasteiger partial charge is 0.361 e. The molecule has 1 heterocycles. The average molecular weight is 227 g/mol. The number of nitrogens with one attached hydrogen (secondary N) is 2. The van der Waals surface area contributed by atoms with E-state index in [4.69, 9.17) is 11.6 Å². The lowest BCUT2D eigenvalue weighted by molar-refractivity contribution is -0.119. The highest BCUT2D eigenvalue weighted by atomic mass is 35.5. The van der Waals surface area contributed by atoms with Gasteiger partial charge in [0.1, 0.15) is 5.82 Å². The van der Waals surface area contributed by atoms with Gasteiger partial charge in [0, 0.05) is 12.2 Å². The molecule has 1 fully saturated rings. The van der Waals surface area contributed by atoms with Crippen molar-refractivity contribution in [2.24, 2.45) is 0 Å². The fraction of sp³-hybridized carbons (Fsp3) is 0.444. The topological polar surface area (TPSA) is 66.9 Å². The fourth-order valence-electron chi connectivity index (χ4n) is 1.11. The molecule has 1 saturated carbocycles. The van der Waals surface area contributed by atoms with E-state index in [0.717, 1.165) is 12.8 Å². The Morgan fingerprint density at radius 3 is 3.07 bits per heavy atom. The molecule has 1 aliphatic rings. The number of nitrogens with zero attached hydrogens (tertiary/aromatic N) is 2. The second-order valence-electron chi connectivity index (χ2n) is 3.41. The quantitative estimate of drug-likeness (QED) is 0.746. The van der Waals surface area contributed by atoms with Crippen molar-refractivity contribution < 1.29 is 4.79 Å². The van der Waals surface area contributed by atoms with Crippen molar-refractivity contribution >= 4 is 23.3 Å². The van der Waals surface area contributed by atoms with E-state index in [-0.39, 0.29) is 17.7 Å². The number of hydrogen-bond donors (Lipinski definition) is 2. The third-order valence-corrected chi connectivity index (χ3v) is 2.18. The van der Waals surface area contributed by atoms with Gasteiger partial charge in [-0.15, -0.1) is 0 Å². The van der Waals surface area contributed by atoms with Crippen molar-refractivity contribution in [1.82, 2.24) is 15.3 Å². The predicted octanol–water partition coefficient (Wildman–Crippen LogP) is 0.820. The zero-order chi connectivity index (χ0) is 10.7. The van der Waals surface area contributed by atoms with E-state index in [1.807, 2.05) is 0 Å². The molecule has 1 aliphatic carbocycles. The van der Waals surface area contributed by atoms with Crippen LogP contribution in [0.25, 0.3) is 0 Å². The second kappa shape index (κ2) is 4.44. The molecular formula is C9H11ClN4O. The van der Waals surface area contributed by atoms with Gasteiger partial charge in [0.2, 0.25) is 11.2 Å². The van der Waals surface area contributed by atoms with Gasteiger partial charge >= 0.3 is 0 Å². The molecule has 6 heteroatoms. The normalized spacial score (nSPS) is 14.7. The number of amides is 1. The van der Waals surface area contributed by atoms with Crippen LogP contribution in [-0.4, -0.2) is 28.5 Å². The molecule has 1 aromatic rings. The molecule has 5 nitrogen and oxygen atoms in total. The summed E-state index contributed by atoms with van der Waals surface area (Å²) in [6.07, 6.45) is 3.71. The Balaban J connectivity index is 1.78. The van der Waals surface area contributed by atoms with Crippen molar-refractivity contribution in [3.63, 3.8) is 0 Å². The summed E-state index contributed by atoms with van der Waals surface area (Å²) in [5, 5.41) is 5.90. The first kappa shape index (κ1) is 10.2. The lowest BCUT2D eigenvalue weighted by atomic mass is 10.5. The van der Waals surface area contributed by atoms with Crippen LogP contribution in [0.15, 0.2) is 12.3 Å². The number of carbonyl (C=O) groups excluding carboxylic acids is 1. The highest BCUT2D eigenvalue weighted by molar-refractivity contribution is 6.28. The van der Waals surface area contributed by atoms with Crippen molar-refractivity contribution in [3.05, 3.63) is 17.5 Å². The van der Waals surface area contributed by atoms with Crippen LogP contribution in [0.4, 0.5) is 5.82 Å². The van der Waals surface area contributed by atoms with E-state index in [2.05, 4.69) is 20.6 Å². The summed E-state index contributed by atoms with van der Waals surface area (Å²) in [4.78, 5) is 18.9. The van der Waals surface area contributed by atoms with Crippen LogP contribution in [0.5, 0.6) is 0 Å². The lowest BCUT2D eigenvalue weighted by Crippen LogP contribution is -2.31. The van der Waals surface area contributed by atoms with Crippen LogP contribution in [0.1, 0.15) is 12.8 Å².